The number of para-hydroxylation sites is 2. The van der Waals surface area contributed by atoms with Crippen molar-refractivity contribution in [2.45, 2.75) is 0 Å². The van der Waals surface area contributed by atoms with Gasteiger partial charge in [0, 0.05) is 5.39 Å². The number of thiocarbonyl (C=S) groups is 1. The highest BCUT2D eigenvalue weighted by atomic mass is 32.1. The summed E-state index contributed by atoms with van der Waals surface area (Å²) in [5.74, 6) is -0.306. The molecular formula is C17H13FN2S. The Kier molecular flexibility index (Phi) is 3.54. The number of rotatable bonds is 3. The second kappa shape index (κ2) is 5.50. The molecule has 0 atom stereocenters. The van der Waals surface area contributed by atoms with Crippen molar-refractivity contribution in [1.29, 1.82) is 0 Å². The Balaban J connectivity index is 2.27. The van der Waals surface area contributed by atoms with Crippen LogP contribution in [0.1, 0.15) is 0 Å². The van der Waals surface area contributed by atoms with Crippen LogP contribution < -0.4 is 10.6 Å². The summed E-state index contributed by atoms with van der Waals surface area (Å²) in [4.78, 5) is 1.73. The van der Waals surface area contributed by atoms with Gasteiger partial charge in [-0.1, -0.05) is 48.6 Å². The smallest absolute Gasteiger partial charge is 0.125 e. The van der Waals surface area contributed by atoms with E-state index in [1.165, 1.54) is 17.6 Å². The number of nitrogen functional groups attached to an aromatic ring is 1. The highest BCUT2D eigenvalue weighted by Gasteiger charge is 2.14. The molecule has 104 valence electrons. The molecule has 0 spiro atoms. The number of nitrogens with zero attached hydrogens (tertiary/aromatic N) is 1. The van der Waals surface area contributed by atoms with Crippen LogP contribution in [0.5, 0.6) is 0 Å². The normalized spacial score (nSPS) is 10.5. The lowest BCUT2D eigenvalue weighted by Gasteiger charge is -2.22. The van der Waals surface area contributed by atoms with E-state index in [2.05, 4.69) is 0 Å². The largest absolute Gasteiger partial charge is 0.397 e. The number of hydrogen-bond acceptors (Lipinski definition) is 2. The monoisotopic (exact) mass is 296 g/mol. The molecular weight excluding hydrogens is 283 g/mol. The van der Waals surface area contributed by atoms with Crippen molar-refractivity contribution in [2.75, 3.05) is 10.6 Å². The van der Waals surface area contributed by atoms with Crippen molar-refractivity contribution in [2.24, 2.45) is 0 Å². The summed E-state index contributed by atoms with van der Waals surface area (Å²) in [6, 6.07) is 18.0. The lowest BCUT2D eigenvalue weighted by atomic mass is 10.1. The van der Waals surface area contributed by atoms with Crippen molar-refractivity contribution in [3.8, 4) is 0 Å². The molecule has 0 saturated heterocycles. The van der Waals surface area contributed by atoms with E-state index in [1.54, 1.807) is 11.0 Å². The summed E-state index contributed by atoms with van der Waals surface area (Å²) >= 11 is 5.13. The average Bonchev–Trinajstić information content (AvgIpc) is 2.49. The fourth-order valence-corrected chi connectivity index (χ4v) is 2.63. The van der Waals surface area contributed by atoms with E-state index in [9.17, 15) is 4.39 Å². The number of benzene rings is 3. The second-order valence-corrected chi connectivity index (χ2v) is 4.89. The van der Waals surface area contributed by atoms with E-state index in [-0.39, 0.29) is 5.82 Å². The van der Waals surface area contributed by atoms with E-state index in [0.717, 1.165) is 16.5 Å². The zero-order valence-corrected chi connectivity index (χ0v) is 12.0. The molecule has 3 aromatic carbocycles. The maximum Gasteiger partial charge on any atom is 0.125 e. The molecule has 3 rings (SSSR count). The van der Waals surface area contributed by atoms with Gasteiger partial charge in [-0.15, -0.1) is 0 Å². The molecule has 0 radical (unpaired) electrons. The molecule has 0 bridgehead atoms. The fraction of sp³-hybridized carbons (Fsp3) is 0. The molecule has 4 heteroatoms. The van der Waals surface area contributed by atoms with Crippen LogP contribution in [0.15, 0.2) is 60.7 Å². The molecule has 0 aliphatic heterocycles. The molecule has 0 aliphatic carbocycles. The highest BCUT2D eigenvalue weighted by Crippen LogP contribution is 2.34. The van der Waals surface area contributed by atoms with Crippen molar-refractivity contribution in [3.05, 3.63) is 66.5 Å². The average molecular weight is 296 g/mol. The predicted molar refractivity (Wildman–Crippen MR) is 90.6 cm³/mol. The summed E-state index contributed by atoms with van der Waals surface area (Å²) in [5.41, 5.74) is 9.50. The van der Waals surface area contributed by atoms with Gasteiger partial charge in [0.15, 0.2) is 0 Å². The van der Waals surface area contributed by atoms with Crippen LogP contribution in [0.2, 0.25) is 0 Å². The summed E-state index contributed by atoms with van der Waals surface area (Å²) in [7, 11) is 0. The van der Waals surface area contributed by atoms with Crippen LogP contribution in [-0.4, -0.2) is 5.49 Å². The first-order valence-electron chi connectivity index (χ1n) is 6.48. The van der Waals surface area contributed by atoms with Gasteiger partial charge in [0.25, 0.3) is 0 Å². The first-order chi connectivity index (χ1) is 10.2. The molecule has 2 N–H and O–H groups in total. The van der Waals surface area contributed by atoms with E-state index in [0.29, 0.717) is 11.4 Å². The van der Waals surface area contributed by atoms with E-state index >= 15 is 0 Å². The minimum atomic E-state index is -0.306. The maximum absolute atomic E-state index is 13.9. The van der Waals surface area contributed by atoms with Crippen molar-refractivity contribution in [3.63, 3.8) is 0 Å². The standard InChI is InChI=1S/C17H13FN2S/c18-13-9-12-5-1-2-6-14(12)17(10-13)20(11-21)16-8-4-3-7-15(16)19/h1-11H,19H2. The highest BCUT2D eigenvalue weighted by molar-refractivity contribution is 7.79. The lowest BCUT2D eigenvalue weighted by molar-refractivity contribution is 0.630. The first kappa shape index (κ1) is 13.5. The minimum Gasteiger partial charge on any atom is -0.397 e. The van der Waals surface area contributed by atoms with Gasteiger partial charge in [0.2, 0.25) is 0 Å². The molecule has 0 aliphatic rings. The SMILES string of the molecule is Nc1ccccc1N(C=S)c1cc(F)cc2ccccc12. The van der Waals surface area contributed by atoms with Crippen molar-refractivity contribution >= 4 is 45.5 Å². The van der Waals surface area contributed by atoms with Crippen LogP contribution in [0.4, 0.5) is 21.5 Å². The fourth-order valence-electron chi connectivity index (χ4n) is 2.40. The minimum absolute atomic E-state index is 0.306. The van der Waals surface area contributed by atoms with Crippen LogP contribution in [0.25, 0.3) is 10.8 Å². The number of halogens is 1. The molecule has 0 aromatic heterocycles. The summed E-state index contributed by atoms with van der Waals surface area (Å²) in [5, 5.41) is 1.74. The summed E-state index contributed by atoms with van der Waals surface area (Å²) < 4.78 is 13.9. The van der Waals surface area contributed by atoms with Crippen LogP contribution in [0, 0.1) is 5.82 Å². The number of anilines is 3. The van der Waals surface area contributed by atoms with Gasteiger partial charge in [0.05, 0.1) is 22.6 Å². The Morgan fingerprint density at radius 3 is 2.43 bits per heavy atom. The van der Waals surface area contributed by atoms with Gasteiger partial charge in [-0.2, -0.15) is 0 Å². The van der Waals surface area contributed by atoms with Gasteiger partial charge in [0.1, 0.15) is 5.82 Å². The Hall–Kier alpha value is -2.46. The van der Waals surface area contributed by atoms with E-state index in [4.69, 9.17) is 18.0 Å². The van der Waals surface area contributed by atoms with Crippen molar-refractivity contribution < 1.29 is 4.39 Å². The Bertz CT molecular complexity index is 817. The first-order valence-corrected chi connectivity index (χ1v) is 6.95. The Morgan fingerprint density at radius 2 is 1.67 bits per heavy atom. The van der Waals surface area contributed by atoms with Gasteiger partial charge in [-0.05, 0) is 29.7 Å². The molecule has 0 fully saturated rings. The molecule has 0 heterocycles. The quantitative estimate of drug-likeness (QED) is 0.563. The van der Waals surface area contributed by atoms with Gasteiger partial charge in [-0.3, -0.25) is 0 Å². The molecule has 0 saturated carbocycles. The summed E-state index contributed by atoms with van der Waals surface area (Å²) in [6.07, 6.45) is 0. The Morgan fingerprint density at radius 1 is 0.952 bits per heavy atom. The van der Waals surface area contributed by atoms with Crippen molar-refractivity contribution in [1.82, 2.24) is 0 Å². The topological polar surface area (TPSA) is 29.3 Å². The molecule has 2 nitrogen and oxygen atoms in total. The van der Waals surface area contributed by atoms with Crippen LogP contribution >= 0.6 is 12.2 Å². The maximum atomic E-state index is 13.9. The van der Waals surface area contributed by atoms with Gasteiger partial charge >= 0.3 is 0 Å². The number of hydrogen-bond donors (Lipinski definition) is 1. The number of nitrogens with two attached hydrogens (primary N) is 1. The number of fused-ring (bicyclic) bond motifs is 1. The third kappa shape index (κ3) is 2.45. The predicted octanol–water partition coefficient (Wildman–Crippen LogP) is 4.66. The zero-order chi connectivity index (χ0) is 14.8. The van der Waals surface area contributed by atoms with Crippen LogP contribution in [0.3, 0.4) is 0 Å². The van der Waals surface area contributed by atoms with E-state index in [1.807, 2.05) is 42.5 Å². The van der Waals surface area contributed by atoms with Gasteiger partial charge < -0.3 is 10.6 Å². The third-order valence-electron chi connectivity index (χ3n) is 3.37. The molecule has 0 unspecified atom stereocenters. The Labute approximate surface area is 127 Å². The summed E-state index contributed by atoms with van der Waals surface area (Å²) in [6.45, 7) is 0. The van der Waals surface area contributed by atoms with Gasteiger partial charge in [-0.25, -0.2) is 4.39 Å². The second-order valence-electron chi connectivity index (χ2n) is 4.68. The molecule has 3 aromatic rings. The van der Waals surface area contributed by atoms with Crippen LogP contribution in [-0.2, 0) is 0 Å². The third-order valence-corrected chi connectivity index (χ3v) is 3.58. The molecule has 0 amide bonds. The van der Waals surface area contributed by atoms with E-state index < -0.39 is 0 Å². The lowest BCUT2D eigenvalue weighted by Crippen LogP contribution is -2.15. The molecule has 21 heavy (non-hydrogen) atoms. The zero-order valence-electron chi connectivity index (χ0n) is 11.2.